The van der Waals surface area contributed by atoms with Crippen LogP contribution in [0.4, 0.5) is 13.6 Å². The van der Waals surface area contributed by atoms with E-state index in [1.54, 1.807) is 39.2 Å². The molecule has 2 heterocycles. The first kappa shape index (κ1) is 29.1. The molecule has 0 aliphatic rings. The van der Waals surface area contributed by atoms with E-state index in [2.05, 4.69) is 5.32 Å². The summed E-state index contributed by atoms with van der Waals surface area (Å²) >= 11 is 0. The highest BCUT2D eigenvalue weighted by Crippen LogP contribution is 2.24. The summed E-state index contributed by atoms with van der Waals surface area (Å²) in [7, 11) is 0. The van der Waals surface area contributed by atoms with Crippen molar-refractivity contribution in [2.75, 3.05) is 0 Å². The standard InChI is InChI=1S/C16H20FNO3.C11H12FNO.ClH/c1-10(18-15(19)21-16(2,3)4)7-12-9-13(17)8-11-5-6-20-14(11)12;1-7(13)4-9-6-10(12)5-8-2-3-14-11(8)9;/h5-6,8-10H,7H2,1-4H3,(H,18,19);2-3,5-7H,4,13H2,1H3;1H. The van der Waals surface area contributed by atoms with Crippen molar-refractivity contribution < 1.29 is 27.1 Å². The van der Waals surface area contributed by atoms with Gasteiger partial charge in [0, 0.05) is 28.4 Å². The average molecular weight is 523 g/mol. The molecule has 0 aliphatic carbocycles. The number of furan rings is 2. The number of amides is 1. The molecule has 4 rings (SSSR count). The summed E-state index contributed by atoms with van der Waals surface area (Å²) in [5, 5.41) is 4.25. The zero-order valence-electron chi connectivity index (χ0n) is 21.1. The lowest BCUT2D eigenvalue weighted by Gasteiger charge is -2.22. The minimum atomic E-state index is -0.545. The summed E-state index contributed by atoms with van der Waals surface area (Å²) in [6.45, 7) is 9.13. The second-order valence-electron chi connectivity index (χ2n) is 9.74. The smallest absolute Gasteiger partial charge is 0.407 e. The number of carbonyl (C=O) groups is 1. The van der Waals surface area contributed by atoms with Gasteiger partial charge in [0.15, 0.2) is 0 Å². The molecule has 4 aromatic rings. The monoisotopic (exact) mass is 522 g/mol. The van der Waals surface area contributed by atoms with Crippen molar-refractivity contribution in [3.63, 3.8) is 0 Å². The zero-order valence-corrected chi connectivity index (χ0v) is 21.9. The van der Waals surface area contributed by atoms with Crippen LogP contribution in [0.15, 0.2) is 57.8 Å². The molecule has 6 nitrogen and oxygen atoms in total. The van der Waals surface area contributed by atoms with Crippen LogP contribution < -0.4 is 11.1 Å². The van der Waals surface area contributed by atoms with Gasteiger partial charge in [0.25, 0.3) is 0 Å². The summed E-state index contributed by atoms with van der Waals surface area (Å²) in [4.78, 5) is 11.7. The van der Waals surface area contributed by atoms with Crippen LogP contribution in [0, 0.1) is 11.6 Å². The Kier molecular flexibility index (Phi) is 9.90. The number of carbonyl (C=O) groups excluding carboxylic acids is 1. The summed E-state index contributed by atoms with van der Waals surface area (Å²) in [5.74, 6) is -0.557. The van der Waals surface area contributed by atoms with Crippen molar-refractivity contribution in [3.8, 4) is 0 Å². The Morgan fingerprint density at radius 1 is 0.944 bits per heavy atom. The third-order valence-electron chi connectivity index (χ3n) is 5.02. The van der Waals surface area contributed by atoms with E-state index in [1.807, 2.05) is 13.8 Å². The van der Waals surface area contributed by atoms with Crippen molar-refractivity contribution in [1.29, 1.82) is 0 Å². The first-order valence-corrected chi connectivity index (χ1v) is 11.5. The van der Waals surface area contributed by atoms with Gasteiger partial charge in [0.05, 0.1) is 12.5 Å². The first-order valence-electron chi connectivity index (χ1n) is 11.5. The molecule has 2 unspecified atom stereocenters. The molecule has 9 heteroatoms. The van der Waals surface area contributed by atoms with Gasteiger partial charge in [-0.05, 0) is 89.4 Å². The number of nitrogens with two attached hydrogens (primary N) is 1. The van der Waals surface area contributed by atoms with Crippen LogP contribution in [0.2, 0.25) is 0 Å². The molecule has 0 radical (unpaired) electrons. The Hall–Kier alpha value is -3.10. The molecule has 1 amide bonds. The summed E-state index contributed by atoms with van der Waals surface area (Å²) in [6, 6.07) is 9.07. The highest BCUT2D eigenvalue weighted by atomic mass is 35.5. The van der Waals surface area contributed by atoms with Gasteiger partial charge in [-0.2, -0.15) is 0 Å². The van der Waals surface area contributed by atoms with Gasteiger partial charge in [-0.25, -0.2) is 13.6 Å². The Balaban J connectivity index is 0.000000265. The molecule has 0 bridgehead atoms. The number of nitrogens with one attached hydrogen (secondary N) is 1. The SMILES string of the molecule is CC(Cc1cc(F)cc2ccoc12)NC(=O)OC(C)(C)C.CC(N)Cc1cc(F)cc2ccoc12.Cl. The van der Waals surface area contributed by atoms with Crippen molar-refractivity contribution >= 4 is 40.4 Å². The second-order valence-corrected chi connectivity index (χ2v) is 9.74. The Bertz CT molecular complexity index is 1290. The fraction of sp³-hybridized carbons (Fsp3) is 0.370. The topological polar surface area (TPSA) is 90.6 Å². The minimum Gasteiger partial charge on any atom is -0.464 e. The van der Waals surface area contributed by atoms with E-state index in [1.165, 1.54) is 30.5 Å². The molecule has 0 saturated heterocycles. The quantitative estimate of drug-likeness (QED) is 0.297. The normalized spacial score (nSPS) is 12.9. The number of hydrogen-bond donors (Lipinski definition) is 2. The maximum absolute atomic E-state index is 13.6. The van der Waals surface area contributed by atoms with E-state index in [0.717, 1.165) is 27.5 Å². The Labute approximate surface area is 215 Å². The fourth-order valence-electron chi connectivity index (χ4n) is 3.77. The van der Waals surface area contributed by atoms with Gasteiger partial charge in [0.1, 0.15) is 28.4 Å². The molecule has 2 aromatic carbocycles. The van der Waals surface area contributed by atoms with Gasteiger partial charge in [-0.3, -0.25) is 0 Å². The van der Waals surface area contributed by atoms with Crippen molar-refractivity contribution in [1.82, 2.24) is 5.32 Å². The summed E-state index contributed by atoms with van der Waals surface area (Å²) < 4.78 is 42.6. The summed E-state index contributed by atoms with van der Waals surface area (Å²) in [5.41, 5.74) is 8.07. The lowest BCUT2D eigenvalue weighted by molar-refractivity contribution is 0.0508. The number of alkyl carbamates (subject to hydrolysis) is 1. The van der Waals surface area contributed by atoms with Crippen LogP contribution >= 0.6 is 12.4 Å². The van der Waals surface area contributed by atoms with E-state index >= 15 is 0 Å². The van der Waals surface area contributed by atoms with E-state index < -0.39 is 11.7 Å². The van der Waals surface area contributed by atoms with Crippen LogP contribution in [0.25, 0.3) is 21.9 Å². The lowest BCUT2D eigenvalue weighted by atomic mass is 10.0. The number of halogens is 3. The predicted octanol–water partition coefficient (Wildman–Crippen LogP) is 6.91. The van der Waals surface area contributed by atoms with E-state index in [0.29, 0.717) is 18.4 Å². The minimum absolute atomic E-state index is 0. The molecule has 196 valence electrons. The van der Waals surface area contributed by atoms with Crippen LogP contribution in [0.3, 0.4) is 0 Å². The molecule has 3 N–H and O–H groups in total. The van der Waals surface area contributed by atoms with Gasteiger partial charge in [-0.1, -0.05) is 0 Å². The molecular formula is C27H33ClF2N2O4. The fourth-order valence-corrected chi connectivity index (χ4v) is 3.77. The molecule has 0 fully saturated rings. The van der Waals surface area contributed by atoms with Crippen LogP contribution in [-0.4, -0.2) is 23.8 Å². The van der Waals surface area contributed by atoms with Crippen LogP contribution in [0.1, 0.15) is 45.7 Å². The van der Waals surface area contributed by atoms with Crippen molar-refractivity contribution in [3.05, 3.63) is 71.7 Å². The summed E-state index contributed by atoms with van der Waals surface area (Å²) in [6.07, 6.45) is 3.69. The largest absolute Gasteiger partial charge is 0.464 e. The number of rotatable bonds is 5. The highest BCUT2D eigenvalue weighted by molar-refractivity contribution is 5.85. The average Bonchev–Trinajstić information content (AvgIpc) is 3.35. The van der Waals surface area contributed by atoms with E-state index in [9.17, 15) is 13.6 Å². The zero-order chi connectivity index (χ0) is 25.8. The highest BCUT2D eigenvalue weighted by Gasteiger charge is 2.19. The first-order chi connectivity index (χ1) is 16.4. The molecular weight excluding hydrogens is 490 g/mol. The second kappa shape index (κ2) is 12.2. The molecule has 2 aromatic heterocycles. The Morgan fingerprint density at radius 2 is 1.42 bits per heavy atom. The van der Waals surface area contributed by atoms with Gasteiger partial charge >= 0.3 is 6.09 Å². The lowest BCUT2D eigenvalue weighted by Crippen LogP contribution is -2.38. The predicted molar refractivity (Wildman–Crippen MR) is 139 cm³/mol. The van der Waals surface area contributed by atoms with Crippen LogP contribution in [0.5, 0.6) is 0 Å². The number of benzene rings is 2. The van der Waals surface area contributed by atoms with Crippen molar-refractivity contribution in [2.45, 2.75) is 65.1 Å². The number of ether oxygens (including phenoxy) is 1. The molecule has 0 saturated carbocycles. The third kappa shape index (κ3) is 8.24. The molecule has 0 spiro atoms. The third-order valence-corrected chi connectivity index (χ3v) is 5.02. The van der Waals surface area contributed by atoms with Crippen molar-refractivity contribution in [2.24, 2.45) is 5.73 Å². The van der Waals surface area contributed by atoms with E-state index in [-0.39, 0.29) is 36.1 Å². The van der Waals surface area contributed by atoms with Gasteiger partial charge < -0.3 is 24.6 Å². The van der Waals surface area contributed by atoms with Gasteiger partial charge in [-0.15, -0.1) is 12.4 Å². The maximum atomic E-state index is 13.6. The molecule has 36 heavy (non-hydrogen) atoms. The maximum Gasteiger partial charge on any atom is 0.407 e. The number of hydrogen-bond acceptors (Lipinski definition) is 5. The Morgan fingerprint density at radius 3 is 1.86 bits per heavy atom. The number of fused-ring (bicyclic) bond motifs is 2. The van der Waals surface area contributed by atoms with E-state index in [4.69, 9.17) is 19.3 Å². The van der Waals surface area contributed by atoms with Crippen LogP contribution in [-0.2, 0) is 17.6 Å². The van der Waals surface area contributed by atoms with Gasteiger partial charge in [0.2, 0.25) is 0 Å². The molecule has 0 aliphatic heterocycles. The molecule has 2 atom stereocenters.